The molecule has 7 heteroatoms. The maximum atomic E-state index is 12.9. The van der Waals surface area contributed by atoms with E-state index in [1.807, 2.05) is 6.92 Å². The first-order valence-corrected chi connectivity index (χ1v) is 8.16. The van der Waals surface area contributed by atoms with Crippen LogP contribution in [0.1, 0.15) is 39.9 Å². The number of aryl methyl sites for hydroxylation is 2. The summed E-state index contributed by atoms with van der Waals surface area (Å²) in [4.78, 5) is 31.7. The number of aromatic nitrogens is 2. The van der Waals surface area contributed by atoms with Gasteiger partial charge in [0.15, 0.2) is 0 Å². The molecule has 0 aromatic carbocycles. The van der Waals surface area contributed by atoms with Gasteiger partial charge in [0.2, 0.25) is 0 Å². The number of rotatable bonds is 2. The molecule has 22 heavy (non-hydrogen) atoms. The lowest BCUT2D eigenvalue weighted by molar-refractivity contribution is 0.0701. The average Bonchev–Trinajstić information content (AvgIpc) is 2.78. The van der Waals surface area contributed by atoms with Crippen LogP contribution in [-0.2, 0) is 0 Å². The number of fused-ring (bicyclic) bond motifs is 1. The van der Waals surface area contributed by atoms with Crippen LogP contribution in [0.3, 0.4) is 0 Å². The van der Waals surface area contributed by atoms with E-state index in [1.54, 1.807) is 11.5 Å². The lowest BCUT2D eigenvalue weighted by Crippen LogP contribution is -2.36. The Morgan fingerprint density at radius 3 is 2.55 bits per heavy atom. The first-order chi connectivity index (χ1) is 10.4. The molecule has 2 aromatic heterocycles. The average molecular weight is 321 g/mol. The first-order valence-electron chi connectivity index (χ1n) is 7.34. The van der Waals surface area contributed by atoms with Gasteiger partial charge in [0, 0.05) is 6.04 Å². The van der Waals surface area contributed by atoms with Crippen LogP contribution in [0.2, 0.25) is 0 Å². The summed E-state index contributed by atoms with van der Waals surface area (Å²) in [7, 11) is 2.08. The van der Waals surface area contributed by atoms with Crippen LogP contribution >= 0.6 is 11.3 Å². The summed E-state index contributed by atoms with van der Waals surface area (Å²) in [6.07, 6.45) is 1.83. The van der Waals surface area contributed by atoms with Crippen LogP contribution in [0.15, 0.2) is 4.79 Å². The molecule has 0 bridgehead atoms. The molecular formula is C15H19N3O3S. The summed E-state index contributed by atoms with van der Waals surface area (Å²) in [5, 5.41) is 9.71. The number of hydrogen-bond acceptors (Lipinski definition) is 5. The molecule has 3 rings (SSSR count). The Kier molecular flexibility index (Phi) is 3.78. The van der Waals surface area contributed by atoms with E-state index >= 15 is 0 Å². The predicted octanol–water partition coefficient (Wildman–Crippen LogP) is 2.04. The van der Waals surface area contributed by atoms with Crippen LogP contribution < -0.4 is 5.56 Å². The number of carbonyl (C=O) groups is 1. The van der Waals surface area contributed by atoms with Gasteiger partial charge >= 0.3 is 5.97 Å². The summed E-state index contributed by atoms with van der Waals surface area (Å²) < 4.78 is 1.76. The van der Waals surface area contributed by atoms with Crippen molar-refractivity contribution in [3.63, 3.8) is 0 Å². The summed E-state index contributed by atoms with van der Waals surface area (Å²) >= 11 is 1.08. The highest BCUT2D eigenvalue weighted by Gasteiger charge is 2.25. The molecule has 0 saturated carbocycles. The molecule has 1 saturated heterocycles. The van der Waals surface area contributed by atoms with Crippen molar-refractivity contribution < 1.29 is 9.90 Å². The van der Waals surface area contributed by atoms with Crippen LogP contribution in [0.4, 0.5) is 0 Å². The molecule has 118 valence electrons. The smallest absolute Gasteiger partial charge is 0.346 e. The minimum Gasteiger partial charge on any atom is -0.477 e. The van der Waals surface area contributed by atoms with Crippen molar-refractivity contribution in [3.8, 4) is 0 Å². The second-order valence-corrected chi connectivity index (χ2v) is 6.91. The Morgan fingerprint density at radius 1 is 1.32 bits per heavy atom. The van der Waals surface area contributed by atoms with Gasteiger partial charge in [-0.1, -0.05) is 0 Å². The van der Waals surface area contributed by atoms with Crippen LogP contribution in [0, 0.1) is 13.8 Å². The van der Waals surface area contributed by atoms with Crippen molar-refractivity contribution in [1.82, 2.24) is 14.5 Å². The molecule has 1 fully saturated rings. The Morgan fingerprint density at radius 2 is 1.95 bits per heavy atom. The van der Waals surface area contributed by atoms with E-state index in [4.69, 9.17) is 0 Å². The van der Waals surface area contributed by atoms with Crippen molar-refractivity contribution in [3.05, 3.63) is 26.6 Å². The van der Waals surface area contributed by atoms with Crippen molar-refractivity contribution in [1.29, 1.82) is 0 Å². The van der Waals surface area contributed by atoms with Gasteiger partial charge in [0.25, 0.3) is 5.56 Å². The minimum atomic E-state index is -0.997. The highest BCUT2D eigenvalue weighted by atomic mass is 32.1. The molecule has 2 aromatic rings. The molecule has 6 nitrogen and oxygen atoms in total. The highest BCUT2D eigenvalue weighted by molar-refractivity contribution is 7.20. The topological polar surface area (TPSA) is 75.4 Å². The first kappa shape index (κ1) is 15.2. The van der Waals surface area contributed by atoms with Crippen LogP contribution in [0.25, 0.3) is 10.2 Å². The number of carboxylic acid groups (broad SMARTS) is 1. The number of piperidine rings is 1. The third-order valence-electron chi connectivity index (χ3n) is 4.42. The highest BCUT2D eigenvalue weighted by Crippen LogP contribution is 2.29. The van der Waals surface area contributed by atoms with Gasteiger partial charge in [0.05, 0.1) is 5.39 Å². The zero-order chi connectivity index (χ0) is 16.0. The standard InChI is InChI=1S/C15H19N3O3S/c1-8-11-13(22-12(8)15(20)21)16-9(2)18(14(11)19)10-4-6-17(3)7-5-10/h10H,4-7H2,1-3H3,(H,20,21). The van der Waals surface area contributed by atoms with Gasteiger partial charge in [-0.25, -0.2) is 9.78 Å². The summed E-state index contributed by atoms with van der Waals surface area (Å²) in [5.41, 5.74) is 0.435. The molecule has 1 aliphatic heterocycles. The fraction of sp³-hybridized carbons (Fsp3) is 0.533. The zero-order valence-electron chi connectivity index (χ0n) is 12.9. The monoisotopic (exact) mass is 321 g/mol. The zero-order valence-corrected chi connectivity index (χ0v) is 13.7. The van der Waals surface area contributed by atoms with Crippen molar-refractivity contribution in [2.24, 2.45) is 0 Å². The molecule has 0 atom stereocenters. The number of likely N-dealkylation sites (tertiary alicyclic amines) is 1. The number of nitrogens with zero attached hydrogens (tertiary/aromatic N) is 3. The molecule has 0 aliphatic carbocycles. The summed E-state index contributed by atoms with van der Waals surface area (Å²) in [5.74, 6) is -0.325. The molecule has 0 radical (unpaired) electrons. The lowest BCUT2D eigenvalue weighted by Gasteiger charge is -2.30. The van der Waals surface area contributed by atoms with Crippen molar-refractivity contribution in [2.45, 2.75) is 32.7 Å². The van der Waals surface area contributed by atoms with Crippen LogP contribution in [0.5, 0.6) is 0 Å². The van der Waals surface area contributed by atoms with E-state index in [-0.39, 0.29) is 16.5 Å². The number of carboxylic acids is 1. The van der Waals surface area contributed by atoms with Gasteiger partial charge in [-0.15, -0.1) is 11.3 Å². The molecule has 0 amide bonds. The van der Waals surface area contributed by atoms with Crippen LogP contribution in [-0.4, -0.2) is 45.7 Å². The van der Waals surface area contributed by atoms with Gasteiger partial charge in [0.1, 0.15) is 15.5 Å². The fourth-order valence-corrected chi connectivity index (χ4v) is 4.24. The van der Waals surface area contributed by atoms with E-state index in [0.717, 1.165) is 37.3 Å². The quantitative estimate of drug-likeness (QED) is 0.916. The van der Waals surface area contributed by atoms with Gasteiger partial charge in [-0.3, -0.25) is 9.36 Å². The second-order valence-electron chi connectivity index (χ2n) is 5.91. The van der Waals surface area contributed by atoms with E-state index in [9.17, 15) is 14.7 Å². The predicted molar refractivity (Wildman–Crippen MR) is 86.1 cm³/mol. The van der Waals surface area contributed by atoms with E-state index < -0.39 is 5.97 Å². The summed E-state index contributed by atoms with van der Waals surface area (Å²) in [6, 6.07) is 0.146. The second kappa shape index (κ2) is 5.48. The largest absolute Gasteiger partial charge is 0.477 e. The van der Waals surface area contributed by atoms with Crippen molar-refractivity contribution in [2.75, 3.05) is 20.1 Å². The molecule has 1 N–H and O–H groups in total. The van der Waals surface area contributed by atoms with E-state index in [1.165, 1.54) is 0 Å². The Labute approximate surface area is 132 Å². The van der Waals surface area contributed by atoms with Crippen molar-refractivity contribution >= 4 is 27.5 Å². The Hall–Kier alpha value is -1.73. The maximum absolute atomic E-state index is 12.9. The summed E-state index contributed by atoms with van der Waals surface area (Å²) in [6.45, 7) is 5.43. The molecule has 0 spiro atoms. The van der Waals surface area contributed by atoms with E-state index in [2.05, 4.69) is 16.9 Å². The minimum absolute atomic E-state index is 0.0988. The number of aromatic carboxylic acids is 1. The lowest BCUT2D eigenvalue weighted by atomic mass is 10.0. The van der Waals surface area contributed by atoms with Gasteiger partial charge in [-0.05, 0) is 52.4 Å². The van der Waals surface area contributed by atoms with Gasteiger partial charge in [-0.2, -0.15) is 0 Å². The maximum Gasteiger partial charge on any atom is 0.346 e. The molecule has 0 unspecified atom stereocenters. The fourth-order valence-electron chi connectivity index (χ4n) is 3.18. The van der Waals surface area contributed by atoms with Gasteiger partial charge < -0.3 is 10.0 Å². The number of thiophene rings is 1. The third-order valence-corrected chi connectivity index (χ3v) is 5.59. The SMILES string of the molecule is Cc1c(C(=O)O)sc2nc(C)n(C3CCN(C)CC3)c(=O)c12. The Balaban J connectivity index is 2.18. The number of hydrogen-bond donors (Lipinski definition) is 1. The molecule has 1 aliphatic rings. The Bertz CT molecular complexity index is 800. The molecule has 3 heterocycles. The normalized spacial score (nSPS) is 17.2. The van der Waals surface area contributed by atoms with E-state index in [0.29, 0.717) is 21.6 Å². The third kappa shape index (κ3) is 2.34. The molecular weight excluding hydrogens is 302 g/mol.